The smallest absolute Gasteiger partial charge is 0.262 e. The van der Waals surface area contributed by atoms with Gasteiger partial charge in [-0.15, -0.1) is 0 Å². The van der Waals surface area contributed by atoms with Gasteiger partial charge < -0.3 is 0 Å². The van der Waals surface area contributed by atoms with Crippen molar-refractivity contribution in [2.75, 3.05) is 0 Å². The van der Waals surface area contributed by atoms with E-state index in [-0.39, 0.29) is 5.91 Å². The number of para-hydroxylation sites is 1. The van der Waals surface area contributed by atoms with Crippen molar-refractivity contribution in [3.63, 3.8) is 0 Å². The first-order valence-electron chi connectivity index (χ1n) is 6.92. The fourth-order valence-corrected chi connectivity index (χ4v) is 2.72. The van der Waals surface area contributed by atoms with E-state index in [1.165, 1.54) is 0 Å². The van der Waals surface area contributed by atoms with E-state index in [0.29, 0.717) is 5.56 Å². The third-order valence-corrected chi connectivity index (χ3v) is 3.81. The Bertz CT molecular complexity index is 965. The molecular weight excluding hydrogens is 258 g/mol. The summed E-state index contributed by atoms with van der Waals surface area (Å²) in [6, 6.07) is 23.8. The number of nitrogens with zero attached hydrogens (tertiary/aromatic N) is 1. The molecule has 21 heavy (non-hydrogen) atoms. The van der Waals surface area contributed by atoms with Gasteiger partial charge in [0, 0.05) is 17.1 Å². The van der Waals surface area contributed by atoms with Crippen LogP contribution < -0.4 is 0 Å². The van der Waals surface area contributed by atoms with Crippen LogP contribution in [0.4, 0.5) is 0 Å². The Balaban J connectivity index is 1.86. The van der Waals surface area contributed by atoms with E-state index in [9.17, 15) is 4.79 Å². The summed E-state index contributed by atoms with van der Waals surface area (Å²) in [5.41, 5.74) is 1.64. The molecule has 4 aromatic rings. The van der Waals surface area contributed by atoms with E-state index in [1.54, 1.807) is 4.57 Å². The number of aromatic nitrogens is 1. The van der Waals surface area contributed by atoms with Crippen LogP contribution in [0.1, 0.15) is 10.4 Å². The number of carbonyl (C=O) groups is 1. The highest BCUT2D eigenvalue weighted by Crippen LogP contribution is 2.20. The molecule has 0 atom stereocenters. The van der Waals surface area contributed by atoms with Crippen molar-refractivity contribution in [1.82, 2.24) is 4.57 Å². The van der Waals surface area contributed by atoms with E-state index in [1.807, 2.05) is 72.9 Å². The quantitative estimate of drug-likeness (QED) is 0.500. The van der Waals surface area contributed by atoms with Crippen LogP contribution in [-0.4, -0.2) is 10.5 Å². The Morgan fingerprint density at radius 1 is 0.714 bits per heavy atom. The molecule has 4 rings (SSSR count). The van der Waals surface area contributed by atoms with Crippen LogP contribution in [-0.2, 0) is 0 Å². The molecular formula is C19H13NO. The van der Waals surface area contributed by atoms with Gasteiger partial charge in [-0.3, -0.25) is 9.36 Å². The molecule has 1 aromatic heterocycles. The SMILES string of the molecule is O=C(c1ccc2ccccc2c1)n1ccc2ccccc21. The number of carbonyl (C=O) groups excluding carboxylic acids is 1. The molecule has 0 amide bonds. The molecule has 0 radical (unpaired) electrons. The Kier molecular flexibility index (Phi) is 2.61. The number of rotatable bonds is 1. The Morgan fingerprint density at radius 2 is 1.43 bits per heavy atom. The van der Waals surface area contributed by atoms with Gasteiger partial charge in [-0.25, -0.2) is 0 Å². The molecule has 0 fully saturated rings. The van der Waals surface area contributed by atoms with Crippen molar-refractivity contribution in [3.8, 4) is 0 Å². The lowest BCUT2D eigenvalue weighted by atomic mass is 10.1. The molecule has 0 N–H and O–H groups in total. The Labute approximate surface area is 122 Å². The second kappa shape index (κ2) is 4.60. The first-order chi connectivity index (χ1) is 10.3. The number of hydrogen-bond donors (Lipinski definition) is 0. The second-order valence-corrected chi connectivity index (χ2v) is 5.11. The minimum atomic E-state index is 0.00181. The van der Waals surface area contributed by atoms with Gasteiger partial charge in [-0.1, -0.05) is 48.5 Å². The van der Waals surface area contributed by atoms with Crippen molar-refractivity contribution < 1.29 is 4.79 Å². The molecule has 1 heterocycles. The van der Waals surface area contributed by atoms with Crippen LogP contribution in [0.2, 0.25) is 0 Å². The van der Waals surface area contributed by atoms with Gasteiger partial charge in [0.05, 0.1) is 5.52 Å². The third-order valence-electron chi connectivity index (χ3n) is 3.81. The summed E-state index contributed by atoms with van der Waals surface area (Å²) < 4.78 is 1.71. The van der Waals surface area contributed by atoms with Crippen molar-refractivity contribution >= 4 is 27.6 Å². The average molecular weight is 271 g/mol. The molecule has 0 aliphatic rings. The zero-order valence-electron chi connectivity index (χ0n) is 11.4. The highest BCUT2D eigenvalue weighted by atomic mass is 16.2. The molecule has 0 saturated heterocycles. The fraction of sp³-hybridized carbons (Fsp3) is 0. The van der Waals surface area contributed by atoms with E-state index in [4.69, 9.17) is 0 Å². The lowest BCUT2D eigenvalue weighted by Crippen LogP contribution is -2.10. The van der Waals surface area contributed by atoms with Crippen molar-refractivity contribution in [1.29, 1.82) is 0 Å². The van der Waals surface area contributed by atoms with E-state index in [2.05, 4.69) is 6.07 Å². The molecule has 0 saturated carbocycles. The van der Waals surface area contributed by atoms with Gasteiger partial charge in [-0.05, 0) is 35.0 Å². The predicted molar refractivity (Wildman–Crippen MR) is 85.6 cm³/mol. The number of hydrogen-bond acceptors (Lipinski definition) is 1. The summed E-state index contributed by atoms with van der Waals surface area (Å²) in [5, 5.41) is 3.30. The maximum atomic E-state index is 12.7. The summed E-state index contributed by atoms with van der Waals surface area (Å²) in [6.07, 6.45) is 1.84. The normalized spacial score (nSPS) is 11.0. The topological polar surface area (TPSA) is 22.0 Å². The summed E-state index contributed by atoms with van der Waals surface area (Å²) in [6.45, 7) is 0. The summed E-state index contributed by atoms with van der Waals surface area (Å²) >= 11 is 0. The molecule has 3 aromatic carbocycles. The first kappa shape index (κ1) is 11.9. The van der Waals surface area contributed by atoms with E-state index in [0.717, 1.165) is 21.7 Å². The zero-order chi connectivity index (χ0) is 14.2. The molecule has 0 spiro atoms. The highest BCUT2D eigenvalue weighted by molar-refractivity contribution is 6.04. The van der Waals surface area contributed by atoms with Gasteiger partial charge >= 0.3 is 0 Å². The lowest BCUT2D eigenvalue weighted by molar-refractivity contribution is 0.0965. The van der Waals surface area contributed by atoms with Crippen LogP contribution in [0.25, 0.3) is 21.7 Å². The third kappa shape index (κ3) is 1.93. The molecule has 100 valence electrons. The summed E-state index contributed by atoms with van der Waals surface area (Å²) in [5.74, 6) is 0.00181. The fourth-order valence-electron chi connectivity index (χ4n) is 2.72. The maximum Gasteiger partial charge on any atom is 0.262 e. The standard InChI is InChI=1S/C19H13NO/c21-19(20-12-11-15-6-3-4-8-18(15)20)17-10-9-14-5-1-2-7-16(14)13-17/h1-13H. The molecule has 2 nitrogen and oxygen atoms in total. The van der Waals surface area contributed by atoms with Gasteiger partial charge in [-0.2, -0.15) is 0 Å². The van der Waals surface area contributed by atoms with Crippen LogP contribution in [0.3, 0.4) is 0 Å². The summed E-state index contributed by atoms with van der Waals surface area (Å²) in [4.78, 5) is 12.7. The first-order valence-corrected chi connectivity index (χ1v) is 6.92. The molecule has 2 heteroatoms. The Morgan fingerprint density at radius 3 is 2.29 bits per heavy atom. The Hall–Kier alpha value is -2.87. The molecule has 0 aliphatic heterocycles. The van der Waals surface area contributed by atoms with Crippen LogP contribution in [0, 0.1) is 0 Å². The minimum absolute atomic E-state index is 0.00181. The molecule has 0 aliphatic carbocycles. The van der Waals surface area contributed by atoms with Crippen molar-refractivity contribution in [3.05, 3.63) is 84.6 Å². The van der Waals surface area contributed by atoms with Gasteiger partial charge in [0.15, 0.2) is 0 Å². The summed E-state index contributed by atoms with van der Waals surface area (Å²) in [7, 11) is 0. The highest BCUT2D eigenvalue weighted by Gasteiger charge is 2.11. The lowest BCUT2D eigenvalue weighted by Gasteiger charge is -2.06. The molecule has 0 unspecified atom stereocenters. The van der Waals surface area contributed by atoms with Gasteiger partial charge in [0.25, 0.3) is 5.91 Å². The van der Waals surface area contributed by atoms with Gasteiger partial charge in [0.1, 0.15) is 0 Å². The predicted octanol–water partition coefficient (Wildman–Crippen LogP) is 4.48. The minimum Gasteiger partial charge on any atom is -0.283 e. The zero-order valence-corrected chi connectivity index (χ0v) is 11.4. The second-order valence-electron chi connectivity index (χ2n) is 5.11. The van der Waals surface area contributed by atoms with Crippen molar-refractivity contribution in [2.45, 2.75) is 0 Å². The van der Waals surface area contributed by atoms with Gasteiger partial charge in [0.2, 0.25) is 0 Å². The van der Waals surface area contributed by atoms with E-state index >= 15 is 0 Å². The largest absolute Gasteiger partial charge is 0.283 e. The van der Waals surface area contributed by atoms with Crippen LogP contribution in [0.5, 0.6) is 0 Å². The van der Waals surface area contributed by atoms with E-state index < -0.39 is 0 Å². The number of benzene rings is 3. The van der Waals surface area contributed by atoms with Crippen LogP contribution in [0.15, 0.2) is 79.0 Å². The number of fused-ring (bicyclic) bond motifs is 2. The maximum absolute atomic E-state index is 12.7. The monoisotopic (exact) mass is 271 g/mol. The average Bonchev–Trinajstić information content (AvgIpc) is 2.98. The van der Waals surface area contributed by atoms with Crippen LogP contribution >= 0.6 is 0 Å². The molecule has 0 bridgehead atoms. The van der Waals surface area contributed by atoms with Crippen molar-refractivity contribution in [2.24, 2.45) is 0 Å².